The minimum absolute atomic E-state index is 0. The Morgan fingerprint density at radius 1 is 1.33 bits per heavy atom. The van der Waals surface area contributed by atoms with E-state index in [1.54, 1.807) is 18.2 Å². The Morgan fingerprint density at radius 3 is 2.48 bits per heavy atom. The fraction of sp³-hybridized carbons (Fsp3) is 0.250. The van der Waals surface area contributed by atoms with Gasteiger partial charge in [0.2, 0.25) is 0 Å². The van der Waals surface area contributed by atoms with Crippen molar-refractivity contribution in [2.24, 2.45) is 6.98 Å². The number of hydrogen-bond acceptors (Lipinski definition) is 5. The Hall–Kier alpha value is -1.06. The van der Waals surface area contributed by atoms with Gasteiger partial charge in [-0.3, -0.25) is 9.48 Å². The standard InChI is InChI=1S/C12H15N3O4S.Na/c1-9-11(13-8-20(17,18)19)12(16)15(14(9)2)10-6-4-3-5-7-10;/h3-7,13H,8H2,1-2H3,(H,17,18,19);/q;+1/p-1/i2D3;. The van der Waals surface area contributed by atoms with Gasteiger partial charge in [-0.15, -0.1) is 0 Å². The molecule has 0 aliphatic heterocycles. The van der Waals surface area contributed by atoms with Crippen LogP contribution in [0.2, 0.25) is 0 Å². The minimum atomic E-state index is -4.62. The zero-order valence-corrected chi connectivity index (χ0v) is 14.3. The Morgan fingerprint density at radius 2 is 1.95 bits per heavy atom. The second-order valence-corrected chi connectivity index (χ2v) is 5.51. The molecule has 0 saturated carbocycles. The van der Waals surface area contributed by atoms with Crippen molar-refractivity contribution in [3.63, 3.8) is 0 Å². The summed E-state index contributed by atoms with van der Waals surface area (Å²) in [6.07, 6.45) is 0. The summed E-state index contributed by atoms with van der Waals surface area (Å²) in [5.74, 6) is -1.01. The number of anilines is 1. The molecule has 1 aromatic heterocycles. The third kappa shape index (κ3) is 3.98. The molecule has 1 N–H and O–H groups in total. The summed E-state index contributed by atoms with van der Waals surface area (Å²) >= 11 is 0. The van der Waals surface area contributed by atoms with Crippen LogP contribution in [0, 0.1) is 6.92 Å². The molecule has 0 spiro atoms. The van der Waals surface area contributed by atoms with E-state index >= 15 is 0 Å². The molecular formula is C12H14N3NaO4S. The van der Waals surface area contributed by atoms with Crippen molar-refractivity contribution in [1.29, 1.82) is 0 Å². The van der Waals surface area contributed by atoms with Crippen LogP contribution in [0.5, 0.6) is 0 Å². The van der Waals surface area contributed by atoms with Crippen LogP contribution in [0.15, 0.2) is 35.1 Å². The number of para-hydroxylation sites is 1. The molecule has 0 aliphatic rings. The molecule has 1 aromatic carbocycles. The molecule has 7 nitrogen and oxygen atoms in total. The van der Waals surface area contributed by atoms with Crippen LogP contribution in [0.1, 0.15) is 9.81 Å². The zero-order chi connectivity index (χ0) is 17.4. The van der Waals surface area contributed by atoms with Crippen molar-refractivity contribution in [2.45, 2.75) is 6.92 Å². The van der Waals surface area contributed by atoms with Gasteiger partial charge in [0, 0.05) is 11.1 Å². The van der Waals surface area contributed by atoms with Gasteiger partial charge in [0.15, 0.2) is 0 Å². The summed E-state index contributed by atoms with van der Waals surface area (Å²) in [4.78, 5) is 12.5. The van der Waals surface area contributed by atoms with Gasteiger partial charge in [0.1, 0.15) is 21.7 Å². The van der Waals surface area contributed by atoms with E-state index in [4.69, 9.17) is 4.11 Å². The normalized spacial score (nSPS) is 13.7. The van der Waals surface area contributed by atoms with Gasteiger partial charge in [0.25, 0.3) is 5.56 Å². The summed E-state index contributed by atoms with van der Waals surface area (Å²) in [6, 6.07) is 8.04. The Labute approximate surface area is 148 Å². The number of aromatic nitrogens is 2. The van der Waals surface area contributed by atoms with Crippen LogP contribution >= 0.6 is 0 Å². The van der Waals surface area contributed by atoms with Crippen LogP contribution in [0.4, 0.5) is 5.69 Å². The molecular weight excluding hydrogens is 305 g/mol. The number of nitrogens with one attached hydrogen (secondary N) is 1. The summed E-state index contributed by atoms with van der Waals surface area (Å²) in [5, 5.41) is 2.22. The van der Waals surface area contributed by atoms with Gasteiger partial charge >= 0.3 is 29.6 Å². The van der Waals surface area contributed by atoms with Crippen LogP contribution in [-0.4, -0.2) is 28.2 Å². The molecule has 0 atom stereocenters. The van der Waals surface area contributed by atoms with E-state index in [1.807, 2.05) is 0 Å². The number of hydrogen-bond donors (Lipinski definition) is 1. The quantitative estimate of drug-likeness (QED) is 0.492. The number of benzene rings is 1. The van der Waals surface area contributed by atoms with Crippen molar-refractivity contribution >= 4 is 15.8 Å². The third-order valence-electron chi connectivity index (χ3n) is 2.71. The second kappa shape index (κ2) is 6.80. The monoisotopic (exact) mass is 322 g/mol. The van der Waals surface area contributed by atoms with E-state index in [0.29, 0.717) is 5.69 Å². The van der Waals surface area contributed by atoms with Crippen LogP contribution in [0.3, 0.4) is 0 Å². The van der Waals surface area contributed by atoms with Gasteiger partial charge < -0.3 is 9.87 Å². The van der Waals surface area contributed by atoms with Crippen LogP contribution in [0.25, 0.3) is 5.69 Å². The summed E-state index contributed by atoms with van der Waals surface area (Å²) in [7, 11) is -4.62. The maximum absolute atomic E-state index is 12.5. The maximum Gasteiger partial charge on any atom is 1.00 e. The molecule has 1 heterocycles. The average molecular weight is 322 g/mol. The molecule has 0 aliphatic carbocycles. The minimum Gasteiger partial charge on any atom is -0.747 e. The second-order valence-electron chi connectivity index (χ2n) is 4.10. The molecule has 0 amide bonds. The molecule has 0 radical (unpaired) electrons. The van der Waals surface area contributed by atoms with Gasteiger partial charge in [0.05, 0.1) is 11.4 Å². The molecule has 0 fully saturated rings. The number of nitrogens with zero attached hydrogens (tertiary/aromatic N) is 2. The zero-order valence-electron chi connectivity index (χ0n) is 14.5. The molecule has 0 bridgehead atoms. The third-order valence-corrected chi connectivity index (χ3v) is 3.21. The van der Waals surface area contributed by atoms with Crippen LogP contribution < -0.4 is 40.4 Å². The molecule has 0 saturated heterocycles. The summed E-state index contributed by atoms with van der Waals surface area (Å²) in [6.45, 7) is -1.32. The van der Waals surface area contributed by atoms with E-state index in [9.17, 15) is 17.8 Å². The van der Waals surface area contributed by atoms with Gasteiger partial charge in [-0.1, -0.05) is 18.2 Å². The van der Waals surface area contributed by atoms with Crippen molar-refractivity contribution in [3.8, 4) is 5.69 Å². The van der Waals surface area contributed by atoms with E-state index < -0.39 is 28.5 Å². The Kier molecular flexibility index (Phi) is 4.40. The first-order valence-electron chi connectivity index (χ1n) is 7.10. The predicted octanol–water partition coefficient (Wildman–Crippen LogP) is -2.60. The first-order chi connectivity index (χ1) is 10.5. The molecule has 0 unspecified atom stereocenters. The van der Waals surface area contributed by atoms with Gasteiger partial charge in [-0.2, -0.15) is 0 Å². The topological polar surface area (TPSA) is 96.2 Å². The Bertz CT molecular complexity index is 875. The van der Waals surface area contributed by atoms with E-state index in [-0.39, 0.29) is 40.9 Å². The fourth-order valence-corrected chi connectivity index (χ4v) is 2.09. The first-order valence-corrected chi connectivity index (χ1v) is 7.18. The van der Waals surface area contributed by atoms with E-state index in [0.717, 1.165) is 9.36 Å². The summed E-state index contributed by atoms with van der Waals surface area (Å²) < 4.78 is 56.7. The van der Waals surface area contributed by atoms with Crippen molar-refractivity contribution in [1.82, 2.24) is 9.36 Å². The molecule has 9 heteroatoms. The van der Waals surface area contributed by atoms with E-state index in [2.05, 4.69) is 5.32 Å². The maximum atomic E-state index is 12.5. The largest absolute Gasteiger partial charge is 1.00 e. The summed E-state index contributed by atoms with van der Waals surface area (Å²) in [5.41, 5.74) is -0.699. The smallest absolute Gasteiger partial charge is 0.747 e. The molecule has 2 rings (SSSR count). The number of rotatable bonds is 4. The average Bonchev–Trinajstić information content (AvgIpc) is 2.68. The van der Waals surface area contributed by atoms with Gasteiger partial charge in [-0.05, 0) is 19.1 Å². The van der Waals surface area contributed by atoms with E-state index in [1.165, 1.54) is 19.1 Å². The molecule has 21 heavy (non-hydrogen) atoms. The first kappa shape index (κ1) is 13.6. The van der Waals surface area contributed by atoms with Crippen LogP contribution in [-0.2, 0) is 17.1 Å². The molecule has 2 aromatic rings. The molecule has 108 valence electrons. The van der Waals surface area contributed by atoms with Crippen molar-refractivity contribution in [3.05, 3.63) is 46.4 Å². The van der Waals surface area contributed by atoms with Crippen molar-refractivity contribution < 1.29 is 46.6 Å². The fourth-order valence-electron chi connectivity index (χ4n) is 1.77. The Balaban J connectivity index is 0.00000288. The van der Waals surface area contributed by atoms with Gasteiger partial charge in [-0.25, -0.2) is 13.1 Å². The SMILES string of the molecule is [2H]C([2H])([2H])n1c(C)c(NCS(=O)(=O)[O-])c(=O)n1-c1ccccc1.[Na+]. The van der Waals surface area contributed by atoms with Crippen molar-refractivity contribution in [2.75, 3.05) is 11.2 Å². The predicted molar refractivity (Wildman–Crippen MR) is 73.9 cm³/mol.